The average molecular weight is 345 g/mol. The van der Waals surface area contributed by atoms with Crippen molar-refractivity contribution >= 4 is 5.65 Å². The van der Waals surface area contributed by atoms with Crippen LogP contribution in [0.2, 0.25) is 0 Å². The Morgan fingerprint density at radius 2 is 1.84 bits per heavy atom. The van der Waals surface area contributed by atoms with Gasteiger partial charge in [-0.3, -0.25) is 9.30 Å². The summed E-state index contributed by atoms with van der Waals surface area (Å²) >= 11 is 0. The lowest BCUT2D eigenvalue weighted by Crippen LogP contribution is -2.43. The molecule has 136 valence electrons. The number of aromatic nitrogens is 3. The highest BCUT2D eigenvalue weighted by atomic mass is 16.5. The Bertz CT molecular complexity index is 741. The van der Waals surface area contributed by atoms with Gasteiger partial charge in [-0.25, -0.2) is 9.48 Å². The largest absolute Gasteiger partial charge is 0.379 e. The van der Waals surface area contributed by atoms with Crippen molar-refractivity contribution in [2.75, 3.05) is 52.5 Å². The van der Waals surface area contributed by atoms with Crippen LogP contribution in [0, 0.1) is 5.92 Å². The lowest BCUT2D eigenvalue weighted by atomic mass is 9.96. The number of ether oxygens (including phenoxy) is 1. The van der Waals surface area contributed by atoms with E-state index in [-0.39, 0.29) is 5.69 Å². The molecule has 4 heterocycles. The average Bonchev–Trinajstić information content (AvgIpc) is 2.98. The van der Waals surface area contributed by atoms with E-state index in [1.165, 1.54) is 19.4 Å². The topological polar surface area (TPSA) is 55.0 Å². The summed E-state index contributed by atoms with van der Waals surface area (Å²) in [4.78, 5) is 17.3. The molecule has 0 radical (unpaired) electrons. The van der Waals surface area contributed by atoms with E-state index in [4.69, 9.17) is 4.74 Å². The number of hydrogen-bond donors (Lipinski definition) is 0. The number of piperidine rings is 1. The normalized spacial score (nSPS) is 21.1. The minimum Gasteiger partial charge on any atom is -0.379 e. The monoisotopic (exact) mass is 345 g/mol. The SMILES string of the molecule is O=c1n(CCN2CCC(CN3CCOCC3)CC2)nc2ccccn12. The quantitative estimate of drug-likeness (QED) is 0.792. The Morgan fingerprint density at radius 1 is 1.04 bits per heavy atom. The Kier molecular flexibility index (Phi) is 5.14. The number of fused-ring (bicyclic) bond motifs is 1. The van der Waals surface area contributed by atoms with Crippen LogP contribution in [0.3, 0.4) is 0 Å². The molecule has 2 aromatic rings. The van der Waals surface area contributed by atoms with Crippen LogP contribution < -0.4 is 5.69 Å². The van der Waals surface area contributed by atoms with Crippen LogP contribution in [0.15, 0.2) is 29.2 Å². The van der Waals surface area contributed by atoms with Crippen molar-refractivity contribution in [3.8, 4) is 0 Å². The summed E-state index contributed by atoms with van der Waals surface area (Å²) in [5, 5.41) is 4.41. The minimum absolute atomic E-state index is 0.0437. The Morgan fingerprint density at radius 3 is 2.60 bits per heavy atom. The van der Waals surface area contributed by atoms with E-state index in [1.807, 2.05) is 18.2 Å². The number of pyridine rings is 1. The fourth-order valence-corrected chi connectivity index (χ4v) is 3.89. The van der Waals surface area contributed by atoms with Gasteiger partial charge in [-0.05, 0) is 44.0 Å². The van der Waals surface area contributed by atoms with Crippen LogP contribution in [-0.4, -0.2) is 76.5 Å². The van der Waals surface area contributed by atoms with Crippen LogP contribution in [0.5, 0.6) is 0 Å². The van der Waals surface area contributed by atoms with Crippen molar-refractivity contribution < 1.29 is 4.74 Å². The van der Waals surface area contributed by atoms with Gasteiger partial charge in [-0.2, -0.15) is 0 Å². The molecule has 2 aromatic heterocycles. The Balaban J connectivity index is 1.25. The van der Waals surface area contributed by atoms with Gasteiger partial charge in [0.2, 0.25) is 0 Å². The first-order valence-electron chi connectivity index (χ1n) is 9.36. The van der Waals surface area contributed by atoms with E-state index in [1.54, 1.807) is 15.3 Å². The van der Waals surface area contributed by atoms with Crippen molar-refractivity contribution in [1.29, 1.82) is 0 Å². The molecule has 2 fully saturated rings. The summed E-state index contributed by atoms with van der Waals surface area (Å²) in [6.07, 6.45) is 4.27. The van der Waals surface area contributed by atoms with E-state index in [0.29, 0.717) is 6.54 Å². The fourth-order valence-electron chi connectivity index (χ4n) is 3.89. The molecule has 4 rings (SSSR count). The van der Waals surface area contributed by atoms with Crippen molar-refractivity contribution in [3.05, 3.63) is 34.9 Å². The van der Waals surface area contributed by atoms with Gasteiger partial charge in [0.1, 0.15) is 0 Å². The second-order valence-electron chi connectivity index (χ2n) is 7.13. The molecule has 0 amide bonds. The lowest BCUT2D eigenvalue weighted by molar-refractivity contribution is 0.0244. The number of likely N-dealkylation sites (tertiary alicyclic amines) is 1. The Labute approximate surface area is 147 Å². The summed E-state index contributed by atoms with van der Waals surface area (Å²) < 4.78 is 8.62. The van der Waals surface area contributed by atoms with Crippen LogP contribution in [-0.2, 0) is 11.3 Å². The lowest BCUT2D eigenvalue weighted by Gasteiger charge is -2.36. The van der Waals surface area contributed by atoms with Gasteiger partial charge >= 0.3 is 5.69 Å². The van der Waals surface area contributed by atoms with E-state index >= 15 is 0 Å². The molecule has 0 saturated carbocycles. The predicted molar refractivity (Wildman–Crippen MR) is 95.9 cm³/mol. The highest BCUT2D eigenvalue weighted by molar-refractivity contribution is 5.35. The van der Waals surface area contributed by atoms with Crippen molar-refractivity contribution in [2.24, 2.45) is 5.92 Å². The summed E-state index contributed by atoms with van der Waals surface area (Å²) in [6.45, 7) is 8.94. The molecule has 25 heavy (non-hydrogen) atoms. The van der Waals surface area contributed by atoms with Gasteiger partial charge < -0.3 is 9.64 Å². The smallest absolute Gasteiger partial charge is 0.350 e. The van der Waals surface area contributed by atoms with Gasteiger partial charge in [-0.15, -0.1) is 5.10 Å². The summed E-state index contributed by atoms with van der Waals surface area (Å²) in [6, 6.07) is 5.64. The van der Waals surface area contributed by atoms with E-state index in [2.05, 4.69) is 14.9 Å². The molecular weight excluding hydrogens is 318 g/mol. The maximum Gasteiger partial charge on any atom is 0.350 e. The molecule has 0 N–H and O–H groups in total. The zero-order chi connectivity index (χ0) is 17.1. The maximum absolute atomic E-state index is 12.3. The van der Waals surface area contributed by atoms with E-state index in [9.17, 15) is 4.79 Å². The highest BCUT2D eigenvalue weighted by Crippen LogP contribution is 2.18. The standard InChI is InChI=1S/C18H27N5O2/c24-18-22-6-2-1-3-17(22)19-23(18)10-9-20-7-4-16(5-8-20)15-21-11-13-25-14-12-21/h1-3,6,16H,4-5,7-15H2. The van der Waals surface area contributed by atoms with Crippen molar-refractivity contribution in [1.82, 2.24) is 24.0 Å². The molecule has 7 nitrogen and oxygen atoms in total. The second kappa shape index (κ2) is 7.68. The number of nitrogens with zero attached hydrogens (tertiary/aromatic N) is 5. The number of morpholine rings is 1. The van der Waals surface area contributed by atoms with Crippen LogP contribution >= 0.6 is 0 Å². The molecule has 2 aliphatic heterocycles. The fraction of sp³-hybridized carbons (Fsp3) is 0.667. The second-order valence-corrected chi connectivity index (χ2v) is 7.13. The van der Waals surface area contributed by atoms with Gasteiger partial charge in [0.25, 0.3) is 0 Å². The minimum atomic E-state index is -0.0437. The zero-order valence-corrected chi connectivity index (χ0v) is 14.7. The molecule has 0 aliphatic carbocycles. The summed E-state index contributed by atoms with van der Waals surface area (Å²) in [5.41, 5.74) is 0.675. The van der Waals surface area contributed by atoms with Gasteiger partial charge in [-0.1, -0.05) is 6.07 Å². The molecule has 0 spiro atoms. The third-order valence-corrected chi connectivity index (χ3v) is 5.44. The summed E-state index contributed by atoms with van der Waals surface area (Å²) in [5.74, 6) is 0.798. The van der Waals surface area contributed by atoms with Crippen LogP contribution in [0.25, 0.3) is 5.65 Å². The molecule has 7 heteroatoms. The molecule has 2 saturated heterocycles. The van der Waals surface area contributed by atoms with Gasteiger partial charge in [0, 0.05) is 32.4 Å². The molecule has 0 bridgehead atoms. The first kappa shape index (κ1) is 16.8. The van der Waals surface area contributed by atoms with Crippen LogP contribution in [0.1, 0.15) is 12.8 Å². The highest BCUT2D eigenvalue weighted by Gasteiger charge is 2.22. The van der Waals surface area contributed by atoms with Crippen molar-refractivity contribution in [2.45, 2.75) is 19.4 Å². The first-order chi connectivity index (χ1) is 12.3. The number of rotatable bonds is 5. The predicted octanol–water partition coefficient (Wildman–Crippen LogP) is 0.540. The first-order valence-corrected chi connectivity index (χ1v) is 9.36. The van der Waals surface area contributed by atoms with Gasteiger partial charge in [0.15, 0.2) is 5.65 Å². The third kappa shape index (κ3) is 3.94. The third-order valence-electron chi connectivity index (χ3n) is 5.44. The summed E-state index contributed by atoms with van der Waals surface area (Å²) in [7, 11) is 0. The molecular formula is C18H27N5O2. The van der Waals surface area contributed by atoms with Crippen LogP contribution in [0.4, 0.5) is 0 Å². The van der Waals surface area contributed by atoms with Crippen molar-refractivity contribution in [3.63, 3.8) is 0 Å². The molecule has 2 aliphatic rings. The zero-order valence-electron chi connectivity index (χ0n) is 14.7. The Hall–Kier alpha value is -1.70. The van der Waals surface area contributed by atoms with E-state index < -0.39 is 0 Å². The van der Waals surface area contributed by atoms with Gasteiger partial charge in [0.05, 0.1) is 19.8 Å². The number of hydrogen-bond acceptors (Lipinski definition) is 5. The molecule has 0 atom stereocenters. The molecule has 0 aromatic carbocycles. The molecule has 0 unspecified atom stereocenters. The maximum atomic E-state index is 12.3. The van der Waals surface area contributed by atoms with E-state index in [0.717, 1.165) is 57.5 Å².